The van der Waals surface area contributed by atoms with Crippen molar-refractivity contribution in [3.8, 4) is 16.9 Å². The van der Waals surface area contributed by atoms with Crippen LogP contribution in [0.3, 0.4) is 0 Å². The fourth-order valence-electron chi connectivity index (χ4n) is 2.54. The van der Waals surface area contributed by atoms with Crippen LogP contribution in [-0.2, 0) is 0 Å². The predicted octanol–water partition coefficient (Wildman–Crippen LogP) is 4.21. The molecule has 2 aromatic heterocycles. The summed E-state index contributed by atoms with van der Waals surface area (Å²) in [6.07, 6.45) is 3.79. The van der Waals surface area contributed by atoms with E-state index >= 15 is 0 Å². The highest BCUT2D eigenvalue weighted by Gasteiger charge is 2.10. The number of hydrogen-bond donors (Lipinski definition) is 0. The summed E-state index contributed by atoms with van der Waals surface area (Å²) in [6, 6.07) is 13.5. The normalized spacial score (nSPS) is 11.2. The molecule has 108 valence electrons. The van der Waals surface area contributed by atoms with Crippen LogP contribution in [0, 0.1) is 0 Å². The van der Waals surface area contributed by atoms with Gasteiger partial charge in [-0.05, 0) is 29.8 Å². The lowest BCUT2D eigenvalue weighted by Gasteiger charge is -2.04. The molecular weight excluding hydrogens is 298 g/mol. The van der Waals surface area contributed by atoms with E-state index in [0.717, 1.165) is 33.4 Å². The summed E-state index contributed by atoms with van der Waals surface area (Å²) in [7, 11) is 1.65. The van der Waals surface area contributed by atoms with Crippen LogP contribution < -0.4 is 4.74 Å². The summed E-state index contributed by atoms with van der Waals surface area (Å²) in [4.78, 5) is 4.53. The van der Waals surface area contributed by atoms with Crippen LogP contribution in [0.2, 0.25) is 5.02 Å². The molecule has 4 rings (SSSR count). The first-order valence-corrected chi connectivity index (χ1v) is 7.21. The highest BCUT2D eigenvalue weighted by atomic mass is 35.5. The second-order valence-electron chi connectivity index (χ2n) is 4.97. The molecule has 0 unspecified atom stereocenters. The Kier molecular flexibility index (Phi) is 2.98. The van der Waals surface area contributed by atoms with E-state index in [9.17, 15) is 0 Å². The van der Waals surface area contributed by atoms with Gasteiger partial charge in [0, 0.05) is 18.0 Å². The van der Waals surface area contributed by atoms with Crippen LogP contribution in [0.15, 0.2) is 54.9 Å². The first-order chi connectivity index (χ1) is 10.8. The Morgan fingerprint density at radius 1 is 1.05 bits per heavy atom. The number of rotatable bonds is 2. The van der Waals surface area contributed by atoms with E-state index in [2.05, 4.69) is 10.1 Å². The third-order valence-electron chi connectivity index (χ3n) is 3.66. The van der Waals surface area contributed by atoms with E-state index in [4.69, 9.17) is 16.3 Å². The molecule has 0 saturated carbocycles. The number of nitrogens with zero attached hydrogens (tertiary/aromatic N) is 3. The zero-order valence-corrected chi connectivity index (χ0v) is 12.6. The Balaban J connectivity index is 1.90. The van der Waals surface area contributed by atoms with Gasteiger partial charge in [0.2, 0.25) is 0 Å². The van der Waals surface area contributed by atoms with Gasteiger partial charge in [0.25, 0.3) is 0 Å². The van der Waals surface area contributed by atoms with E-state index in [-0.39, 0.29) is 0 Å². The first kappa shape index (κ1) is 13.1. The molecule has 0 N–H and O–H groups in total. The molecule has 0 aliphatic rings. The molecule has 0 aliphatic heterocycles. The maximum Gasteiger partial charge on any atom is 0.164 e. The SMILES string of the molecule is COc1ccc(-c2cnc3c4c(Cl)cccc4nn3c2)cc1. The molecule has 4 aromatic rings. The molecule has 0 saturated heterocycles. The maximum absolute atomic E-state index is 6.26. The standard InChI is InChI=1S/C17H12ClN3O/c1-22-13-7-5-11(6-8-13)12-9-19-17-16-14(18)3-2-4-15(16)20-21(17)10-12/h2-10H,1H3. The molecule has 5 heteroatoms. The van der Waals surface area contributed by atoms with Gasteiger partial charge in [0.1, 0.15) is 5.75 Å². The molecule has 0 bridgehead atoms. The number of halogens is 1. The summed E-state index contributed by atoms with van der Waals surface area (Å²) in [5, 5.41) is 6.09. The molecule has 0 atom stereocenters. The zero-order valence-electron chi connectivity index (χ0n) is 11.8. The lowest BCUT2D eigenvalue weighted by molar-refractivity contribution is 0.415. The lowest BCUT2D eigenvalue weighted by Crippen LogP contribution is -1.91. The molecule has 2 aromatic carbocycles. The minimum Gasteiger partial charge on any atom is -0.497 e. The topological polar surface area (TPSA) is 39.4 Å². The van der Waals surface area contributed by atoms with Gasteiger partial charge in [0.15, 0.2) is 5.65 Å². The number of ether oxygens (including phenoxy) is 1. The number of fused-ring (bicyclic) bond motifs is 3. The molecule has 4 nitrogen and oxygen atoms in total. The summed E-state index contributed by atoms with van der Waals surface area (Å²) in [5.74, 6) is 0.828. The van der Waals surface area contributed by atoms with Crippen molar-refractivity contribution in [2.45, 2.75) is 0 Å². The van der Waals surface area contributed by atoms with Crippen LogP contribution >= 0.6 is 11.6 Å². The maximum atomic E-state index is 6.26. The van der Waals surface area contributed by atoms with Gasteiger partial charge in [-0.15, -0.1) is 0 Å². The fourth-order valence-corrected chi connectivity index (χ4v) is 2.79. The predicted molar refractivity (Wildman–Crippen MR) is 87.5 cm³/mol. The number of hydrogen-bond acceptors (Lipinski definition) is 3. The van der Waals surface area contributed by atoms with Crippen molar-refractivity contribution in [3.05, 3.63) is 59.9 Å². The van der Waals surface area contributed by atoms with E-state index in [0.29, 0.717) is 5.02 Å². The Morgan fingerprint density at radius 2 is 1.86 bits per heavy atom. The van der Waals surface area contributed by atoms with Gasteiger partial charge in [-0.3, -0.25) is 0 Å². The Morgan fingerprint density at radius 3 is 2.64 bits per heavy atom. The molecule has 0 fully saturated rings. The van der Waals surface area contributed by atoms with Gasteiger partial charge in [-0.25, -0.2) is 9.50 Å². The molecular formula is C17H12ClN3O. The number of aromatic nitrogens is 3. The zero-order chi connectivity index (χ0) is 15.1. The van der Waals surface area contributed by atoms with Gasteiger partial charge in [-0.2, -0.15) is 5.10 Å². The van der Waals surface area contributed by atoms with Gasteiger partial charge in [0.05, 0.1) is 23.0 Å². The van der Waals surface area contributed by atoms with Crippen molar-refractivity contribution < 1.29 is 4.74 Å². The van der Waals surface area contributed by atoms with Gasteiger partial charge in [-0.1, -0.05) is 29.8 Å². The highest BCUT2D eigenvalue weighted by Crippen LogP contribution is 2.28. The molecule has 0 amide bonds. The average molecular weight is 310 g/mol. The van der Waals surface area contributed by atoms with E-state index in [1.165, 1.54) is 0 Å². The van der Waals surface area contributed by atoms with Crippen LogP contribution in [0.25, 0.3) is 27.7 Å². The second-order valence-corrected chi connectivity index (χ2v) is 5.38. The fraction of sp³-hybridized carbons (Fsp3) is 0.0588. The number of methoxy groups -OCH3 is 1. The van der Waals surface area contributed by atoms with Crippen molar-refractivity contribution in [3.63, 3.8) is 0 Å². The van der Waals surface area contributed by atoms with Crippen molar-refractivity contribution in [2.75, 3.05) is 7.11 Å². The van der Waals surface area contributed by atoms with Crippen LogP contribution in [-0.4, -0.2) is 21.7 Å². The van der Waals surface area contributed by atoms with Gasteiger partial charge < -0.3 is 4.74 Å². The highest BCUT2D eigenvalue weighted by molar-refractivity contribution is 6.36. The smallest absolute Gasteiger partial charge is 0.164 e. The van der Waals surface area contributed by atoms with Crippen LogP contribution in [0.1, 0.15) is 0 Å². The third-order valence-corrected chi connectivity index (χ3v) is 3.97. The summed E-state index contributed by atoms with van der Waals surface area (Å²) in [5.41, 5.74) is 3.64. The van der Waals surface area contributed by atoms with Crippen molar-refractivity contribution in [1.29, 1.82) is 0 Å². The van der Waals surface area contributed by atoms with Crippen LogP contribution in [0.5, 0.6) is 5.75 Å². The van der Waals surface area contributed by atoms with Gasteiger partial charge >= 0.3 is 0 Å². The van der Waals surface area contributed by atoms with E-state index in [1.807, 2.05) is 54.9 Å². The first-order valence-electron chi connectivity index (χ1n) is 6.83. The summed E-state index contributed by atoms with van der Waals surface area (Å²) >= 11 is 6.26. The summed E-state index contributed by atoms with van der Waals surface area (Å²) in [6.45, 7) is 0. The van der Waals surface area contributed by atoms with E-state index in [1.54, 1.807) is 11.6 Å². The van der Waals surface area contributed by atoms with Crippen molar-refractivity contribution in [2.24, 2.45) is 0 Å². The van der Waals surface area contributed by atoms with Crippen molar-refractivity contribution >= 4 is 28.2 Å². The quantitative estimate of drug-likeness (QED) is 0.557. The monoisotopic (exact) mass is 309 g/mol. The largest absolute Gasteiger partial charge is 0.497 e. The minimum absolute atomic E-state index is 0.664. The lowest BCUT2D eigenvalue weighted by atomic mass is 10.1. The average Bonchev–Trinajstić information content (AvgIpc) is 2.93. The third kappa shape index (κ3) is 2.00. The Bertz CT molecular complexity index is 976. The second kappa shape index (κ2) is 5.00. The van der Waals surface area contributed by atoms with E-state index < -0.39 is 0 Å². The summed E-state index contributed by atoms with van der Waals surface area (Å²) < 4.78 is 6.95. The molecule has 0 radical (unpaired) electrons. The van der Waals surface area contributed by atoms with Crippen molar-refractivity contribution in [1.82, 2.24) is 14.6 Å². The Hall–Kier alpha value is -2.59. The molecule has 0 aliphatic carbocycles. The number of benzene rings is 2. The van der Waals surface area contributed by atoms with Crippen LogP contribution in [0.4, 0.5) is 0 Å². The minimum atomic E-state index is 0.664. The molecule has 0 spiro atoms. The molecule has 22 heavy (non-hydrogen) atoms. The Labute approximate surface area is 131 Å². The molecule has 2 heterocycles.